The van der Waals surface area contributed by atoms with Crippen LogP contribution in [0.1, 0.15) is 20.3 Å². The highest BCUT2D eigenvalue weighted by molar-refractivity contribution is 6.08. The van der Waals surface area contributed by atoms with E-state index in [-0.39, 0.29) is 0 Å². The van der Waals surface area contributed by atoms with E-state index in [9.17, 15) is 0 Å². The monoisotopic (exact) mass is 138 g/mol. The Hall–Kier alpha value is -0.525. The maximum atomic E-state index is 2.21. The summed E-state index contributed by atoms with van der Waals surface area (Å²) < 4.78 is 2.21. The summed E-state index contributed by atoms with van der Waals surface area (Å²) in [6, 6.07) is 0. The fourth-order valence-electron chi connectivity index (χ4n) is 0.822. The Morgan fingerprint density at radius 1 is 1.40 bits per heavy atom. The van der Waals surface area contributed by atoms with Gasteiger partial charge in [0.25, 0.3) is 0 Å². The average molecular weight is 138 g/mol. The van der Waals surface area contributed by atoms with Crippen molar-refractivity contribution in [2.24, 2.45) is 0 Å². The van der Waals surface area contributed by atoms with E-state index in [2.05, 4.69) is 37.8 Å². The average Bonchev–Trinajstić information content (AvgIpc) is 1.98. The van der Waals surface area contributed by atoms with Crippen molar-refractivity contribution in [2.75, 3.05) is 6.54 Å². The van der Waals surface area contributed by atoms with Gasteiger partial charge in [-0.15, -0.1) is 0 Å². The maximum absolute atomic E-state index is 2.21. The fourth-order valence-corrected chi connectivity index (χ4v) is 0.822. The molecule has 0 aliphatic heterocycles. The first-order valence-electron chi connectivity index (χ1n) is 4.03. The van der Waals surface area contributed by atoms with Gasteiger partial charge in [-0.25, -0.2) is 4.58 Å². The van der Waals surface area contributed by atoms with Crippen molar-refractivity contribution in [3.05, 3.63) is 12.3 Å². The molecule has 56 valence electrons. The van der Waals surface area contributed by atoms with Gasteiger partial charge in [0, 0.05) is 6.92 Å². The molecule has 0 heterocycles. The van der Waals surface area contributed by atoms with Crippen molar-refractivity contribution < 1.29 is 4.58 Å². The Morgan fingerprint density at radius 3 is 2.50 bits per heavy atom. The molecule has 0 aromatic rings. The molecule has 0 atom stereocenters. The van der Waals surface area contributed by atoms with Crippen molar-refractivity contribution in [2.45, 2.75) is 26.6 Å². The van der Waals surface area contributed by atoms with Gasteiger partial charge in [-0.05, 0) is 19.4 Å². The lowest BCUT2D eigenvalue weighted by atomic mass is 10.0. The number of hydrogen-bond acceptors (Lipinski definition) is 0. The molecule has 2 heteroatoms. The molecular formula is C8H17BN+. The SMILES string of the molecule is BCCC[N+](/C=C\C)=C/C. The van der Waals surface area contributed by atoms with Crippen LogP contribution in [-0.4, -0.2) is 25.2 Å². The number of hydrogen-bond donors (Lipinski definition) is 0. The number of rotatable bonds is 4. The lowest BCUT2D eigenvalue weighted by molar-refractivity contribution is -0.452. The first kappa shape index (κ1) is 9.47. The predicted molar refractivity (Wildman–Crippen MR) is 49.6 cm³/mol. The summed E-state index contributed by atoms with van der Waals surface area (Å²) in [5.74, 6) is 0. The van der Waals surface area contributed by atoms with Gasteiger partial charge in [-0.2, -0.15) is 0 Å². The van der Waals surface area contributed by atoms with Gasteiger partial charge < -0.3 is 0 Å². The first-order chi connectivity index (χ1) is 4.85. The summed E-state index contributed by atoms with van der Waals surface area (Å²) in [6.45, 7) is 5.26. The van der Waals surface area contributed by atoms with Gasteiger partial charge in [0.2, 0.25) is 0 Å². The smallest absolute Gasteiger partial charge is 0.164 e. The molecule has 0 spiro atoms. The van der Waals surface area contributed by atoms with E-state index in [0.29, 0.717) is 0 Å². The minimum atomic E-state index is 1.15. The summed E-state index contributed by atoms with van der Waals surface area (Å²) in [4.78, 5) is 0. The zero-order valence-electron chi connectivity index (χ0n) is 7.30. The van der Waals surface area contributed by atoms with Gasteiger partial charge in [0.1, 0.15) is 20.6 Å². The Bertz CT molecular complexity index is 127. The molecule has 0 unspecified atom stereocenters. The molecule has 0 aromatic heterocycles. The molecular weight excluding hydrogens is 121 g/mol. The van der Waals surface area contributed by atoms with Crippen molar-refractivity contribution in [1.29, 1.82) is 0 Å². The highest BCUT2D eigenvalue weighted by atomic mass is 15.0. The molecule has 0 rings (SSSR count). The molecule has 0 radical (unpaired) electrons. The molecule has 0 saturated carbocycles. The molecule has 0 bridgehead atoms. The first-order valence-corrected chi connectivity index (χ1v) is 4.03. The van der Waals surface area contributed by atoms with Crippen molar-refractivity contribution >= 4 is 14.1 Å². The predicted octanol–water partition coefficient (Wildman–Crippen LogP) is 1.06. The van der Waals surface area contributed by atoms with Crippen LogP contribution in [-0.2, 0) is 0 Å². The highest BCUT2D eigenvalue weighted by Gasteiger charge is 1.93. The minimum Gasteiger partial charge on any atom is -0.210 e. The van der Waals surface area contributed by atoms with Gasteiger partial charge in [0.15, 0.2) is 6.20 Å². The summed E-state index contributed by atoms with van der Waals surface area (Å²) in [6.07, 6.45) is 8.82. The Morgan fingerprint density at radius 2 is 2.10 bits per heavy atom. The quantitative estimate of drug-likeness (QED) is 0.310. The van der Waals surface area contributed by atoms with Crippen LogP contribution in [0.2, 0.25) is 6.32 Å². The summed E-state index contributed by atoms with van der Waals surface area (Å²) in [5.41, 5.74) is 0. The van der Waals surface area contributed by atoms with Crippen LogP contribution in [0.4, 0.5) is 0 Å². The third-order valence-corrected chi connectivity index (χ3v) is 1.44. The van der Waals surface area contributed by atoms with Crippen molar-refractivity contribution in [1.82, 2.24) is 0 Å². The maximum Gasteiger partial charge on any atom is 0.164 e. The van der Waals surface area contributed by atoms with E-state index in [1.165, 1.54) is 12.7 Å². The third kappa shape index (κ3) is 4.36. The third-order valence-electron chi connectivity index (χ3n) is 1.44. The van der Waals surface area contributed by atoms with Crippen LogP contribution in [0.25, 0.3) is 0 Å². The molecule has 0 aliphatic rings. The van der Waals surface area contributed by atoms with Gasteiger partial charge >= 0.3 is 0 Å². The zero-order chi connectivity index (χ0) is 7.82. The van der Waals surface area contributed by atoms with Crippen LogP contribution >= 0.6 is 0 Å². The summed E-state index contributed by atoms with van der Waals surface area (Å²) in [7, 11) is 2.21. The topological polar surface area (TPSA) is 3.01 Å². The standard InChI is InChI=1S/C8H17BN/c1-3-7-10(4-2)8-5-6-9/h3-4,7H,5-6,8-9H2,1-2H3/q+1/b7-3-,10-4+. The fraction of sp³-hybridized carbons (Fsp3) is 0.625. The van der Waals surface area contributed by atoms with E-state index in [1.807, 2.05) is 6.92 Å². The Kier molecular flexibility index (Phi) is 6.25. The van der Waals surface area contributed by atoms with Crippen LogP contribution in [0.5, 0.6) is 0 Å². The van der Waals surface area contributed by atoms with Crippen molar-refractivity contribution in [3.8, 4) is 0 Å². The molecule has 0 aromatic carbocycles. The van der Waals surface area contributed by atoms with Crippen LogP contribution < -0.4 is 0 Å². The van der Waals surface area contributed by atoms with Crippen LogP contribution in [0, 0.1) is 0 Å². The molecule has 10 heavy (non-hydrogen) atoms. The lowest BCUT2D eigenvalue weighted by Gasteiger charge is -1.92. The van der Waals surface area contributed by atoms with Gasteiger partial charge in [-0.3, -0.25) is 0 Å². The zero-order valence-corrected chi connectivity index (χ0v) is 7.30. The van der Waals surface area contributed by atoms with Crippen molar-refractivity contribution in [3.63, 3.8) is 0 Å². The molecule has 0 aliphatic carbocycles. The van der Waals surface area contributed by atoms with Crippen LogP contribution in [0.3, 0.4) is 0 Å². The van der Waals surface area contributed by atoms with Gasteiger partial charge in [0.05, 0.1) is 0 Å². The second kappa shape index (κ2) is 6.59. The van der Waals surface area contributed by atoms with E-state index in [0.717, 1.165) is 6.54 Å². The Balaban J connectivity index is 3.62. The minimum absolute atomic E-state index is 1.15. The highest BCUT2D eigenvalue weighted by Crippen LogP contribution is 1.86. The summed E-state index contributed by atoms with van der Waals surface area (Å²) >= 11 is 0. The summed E-state index contributed by atoms with van der Waals surface area (Å²) in [5, 5.41) is 0. The number of nitrogens with zero attached hydrogens (tertiary/aromatic N) is 1. The molecule has 0 N–H and O–H groups in total. The van der Waals surface area contributed by atoms with E-state index >= 15 is 0 Å². The van der Waals surface area contributed by atoms with Crippen LogP contribution in [0.15, 0.2) is 12.3 Å². The molecule has 1 nitrogen and oxygen atoms in total. The van der Waals surface area contributed by atoms with E-state index < -0.39 is 0 Å². The normalized spacial score (nSPS) is 12.8. The lowest BCUT2D eigenvalue weighted by Crippen LogP contribution is -2.05. The molecule has 0 fully saturated rings. The Labute approximate surface area is 64.9 Å². The molecule has 0 saturated heterocycles. The molecule has 0 amide bonds. The van der Waals surface area contributed by atoms with E-state index in [1.54, 1.807) is 0 Å². The number of allylic oxidation sites excluding steroid dienone is 1. The second-order valence-corrected chi connectivity index (χ2v) is 2.33. The second-order valence-electron chi connectivity index (χ2n) is 2.33. The van der Waals surface area contributed by atoms with E-state index in [4.69, 9.17) is 0 Å². The largest absolute Gasteiger partial charge is 0.210 e. The van der Waals surface area contributed by atoms with Gasteiger partial charge in [-0.1, -0.05) is 6.32 Å².